The van der Waals surface area contributed by atoms with Crippen LogP contribution in [0.1, 0.15) is 51.2 Å². The standard InChI is InChI=1S/C14H22/c1-5-14(6-2,7-3)13-10-8-12(4)9-11-13/h8-11H,5-7H2,1-4H3. The molecule has 0 heteroatoms. The van der Waals surface area contributed by atoms with Crippen LogP contribution in [0, 0.1) is 6.92 Å². The van der Waals surface area contributed by atoms with Crippen molar-refractivity contribution < 1.29 is 0 Å². The third kappa shape index (κ3) is 2.00. The average Bonchev–Trinajstić information content (AvgIpc) is 2.24. The topological polar surface area (TPSA) is 0 Å². The molecule has 1 aromatic rings. The molecular weight excluding hydrogens is 168 g/mol. The van der Waals surface area contributed by atoms with E-state index in [0.717, 1.165) is 0 Å². The minimum Gasteiger partial charge on any atom is -0.0645 e. The second-order valence-corrected chi connectivity index (χ2v) is 4.21. The molecule has 0 heterocycles. The van der Waals surface area contributed by atoms with E-state index >= 15 is 0 Å². The molecule has 0 aromatic heterocycles. The minimum absolute atomic E-state index is 0.410. The van der Waals surface area contributed by atoms with Crippen LogP contribution in [-0.2, 0) is 5.41 Å². The molecule has 0 aliphatic carbocycles. The second kappa shape index (κ2) is 4.63. The first-order chi connectivity index (χ1) is 6.68. The SMILES string of the molecule is CCC(CC)(CC)c1ccc(C)cc1. The minimum atomic E-state index is 0.410. The van der Waals surface area contributed by atoms with Gasteiger partial charge >= 0.3 is 0 Å². The quantitative estimate of drug-likeness (QED) is 0.657. The molecule has 0 spiro atoms. The van der Waals surface area contributed by atoms with Gasteiger partial charge in [-0.1, -0.05) is 50.6 Å². The van der Waals surface area contributed by atoms with Gasteiger partial charge in [-0.15, -0.1) is 0 Å². The number of hydrogen-bond donors (Lipinski definition) is 0. The van der Waals surface area contributed by atoms with Crippen molar-refractivity contribution in [1.29, 1.82) is 0 Å². The summed E-state index contributed by atoms with van der Waals surface area (Å²) in [4.78, 5) is 0. The van der Waals surface area contributed by atoms with Gasteiger partial charge in [0.2, 0.25) is 0 Å². The van der Waals surface area contributed by atoms with Gasteiger partial charge in [-0.2, -0.15) is 0 Å². The Bertz CT molecular complexity index is 256. The number of aryl methyl sites for hydroxylation is 1. The van der Waals surface area contributed by atoms with Crippen LogP contribution in [0.3, 0.4) is 0 Å². The van der Waals surface area contributed by atoms with Crippen LogP contribution >= 0.6 is 0 Å². The van der Waals surface area contributed by atoms with E-state index in [1.54, 1.807) is 0 Å². The molecule has 0 aliphatic rings. The molecule has 0 amide bonds. The van der Waals surface area contributed by atoms with Crippen molar-refractivity contribution in [2.24, 2.45) is 0 Å². The maximum atomic E-state index is 2.30. The van der Waals surface area contributed by atoms with Crippen molar-refractivity contribution in [2.45, 2.75) is 52.4 Å². The molecular formula is C14H22. The van der Waals surface area contributed by atoms with Gasteiger partial charge in [0.15, 0.2) is 0 Å². The lowest BCUT2D eigenvalue weighted by molar-refractivity contribution is 0.381. The van der Waals surface area contributed by atoms with Crippen LogP contribution < -0.4 is 0 Å². The first-order valence-electron chi connectivity index (χ1n) is 5.75. The summed E-state index contributed by atoms with van der Waals surface area (Å²) in [6, 6.07) is 9.05. The summed E-state index contributed by atoms with van der Waals surface area (Å²) in [5, 5.41) is 0. The van der Waals surface area contributed by atoms with E-state index in [1.807, 2.05) is 0 Å². The Hall–Kier alpha value is -0.780. The number of rotatable bonds is 4. The van der Waals surface area contributed by atoms with Gasteiger partial charge < -0.3 is 0 Å². The van der Waals surface area contributed by atoms with Crippen molar-refractivity contribution in [1.82, 2.24) is 0 Å². The van der Waals surface area contributed by atoms with Gasteiger partial charge in [0.05, 0.1) is 0 Å². The summed E-state index contributed by atoms with van der Waals surface area (Å²) in [6.07, 6.45) is 3.72. The van der Waals surface area contributed by atoms with Crippen molar-refractivity contribution >= 4 is 0 Å². The van der Waals surface area contributed by atoms with Crippen LogP contribution in [-0.4, -0.2) is 0 Å². The predicted molar refractivity (Wildman–Crippen MR) is 63.7 cm³/mol. The van der Waals surface area contributed by atoms with Gasteiger partial charge in [-0.05, 0) is 37.2 Å². The van der Waals surface area contributed by atoms with Crippen LogP contribution in [0.25, 0.3) is 0 Å². The monoisotopic (exact) mass is 190 g/mol. The highest BCUT2D eigenvalue weighted by atomic mass is 14.3. The molecule has 1 aromatic carbocycles. The molecule has 14 heavy (non-hydrogen) atoms. The Balaban J connectivity index is 3.05. The first-order valence-corrected chi connectivity index (χ1v) is 5.75. The van der Waals surface area contributed by atoms with Crippen LogP contribution in [0.2, 0.25) is 0 Å². The van der Waals surface area contributed by atoms with E-state index in [4.69, 9.17) is 0 Å². The summed E-state index contributed by atoms with van der Waals surface area (Å²) in [5.74, 6) is 0. The molecule has 0 N–H and O–H groups in total. The third-order valence-electron chi connectivity index (χ3n) is 3.69. The largest absolute Gasteiger partial charge is 0.0645 e. The number of benzene rings is 1. The highest BCUT2D eigenvalue weighted by molar-refractivity contribution is 5.28. The molecule has 0 aliphatic heterocycles. The maximum absolute atomic E-state index is 2.30. The molecule has 0 unspecified atom stereocenters. The van der Waals surface area contributed by atoms with Crippen molar-refractivity contribution in [3.8, 4) is 0 Å². The van der Waals surface area contributed by atoms with Crippen LogP contribution in [0.15, 0.2) is 24.3 Å². The average molecular weight is 190 g/mol. The van der Waals surface area contributed by atoms with E-state index in [-0.39, 0.29) is 0 Å². The summed E-state index contributed by atoms with van der Waals surface area (Å²) in [6.45, 7) is 9.04. The van der Waals surface area contributed by atoms with E-state index < -0.39 is 0 Å². The molecule has 1 rings (SSSR count). The predicted octanol–water partition coefficient (Wildman–Crippen LogP) is 4.46. The summed E-state index contributed by atoms with van der Waals surface area (Å²) >= 11 is 0. The fourth-order valence-electron chi connectivity index (χ4n) is 2.27. The zero-order valence-electron chi connectivity index (χ0n) is 9.93. The lowest BCUT2D eigenvalue weighted by Gasteiger charge is -2.31. The Morgan fingerprint density at radius 2 is 1.29 bits per heavy atom. The third-order valence-corrected chi connectivity index (χ3v) is 3.69. The lowest BCUT2D eigenvalue weighted by Crippen LogP contribution is -2.23. The van der Waals surface area contributed by atoms with E-state index in [9.17, 15) is 0 Å². The normalized spacial score (nSPS) is 11.7. The first kappa shape index (κ1) is 11.3. The lowest BCUT2D eigenvalue weighted by atomic mass is 9.74. The van der Waals surface area contributed by atoms with E-state index in [1.165, 1.54) is 30.4 Å². The van der Waals surface area contributed by atoms with Crippen LogP contribution in [0.4, 0.5) is 0 Å². The Morgan fingerprint density at radius 3 is 1.64 bits per heavy atom. The van der Waals surface area contributed by atoms with E-state index in [0.29, 0.717) is 5.41 Å². The number of hydrogen-bond acceptors (Lipinski definition) is 0. The van der Waals surface area contributed by atoms with Gasteiger partial charge in [0.25, 0.3) is 0 Å². The van der Waals surface area contributed by atoms with Gasteiger partial charge in [0.1, 0.15) is 0 Å². The second-order valence-electron chi connectivity index (χ2n) is 4.21. The molecule has 0 saturated heterocycles. The van der Waals surface area contributed by atoms with Crippen LogP contribution in [0.5, 0.6) is 0 Å². The van der Waals surface area contributed by atoms with Gasteiger partial charge in [-0.3, -0.25) is 0 Å². The molecule has 0 radical (unpaired) electrons. The summed E-state index contributed by atoms with van der Waals surface area (Å²) in [7, 11) is 0. The molecule has 0 fully saturated rings. The molecule has 0 bridgehead atoms. The molecule has 0 atom stereocenters. The Labute approximate surface area is 88.4 Å². The maximum Gasteiger partial charge on any atom is -0.00548 e. The van der Waals surface area contributed by atoms with Crippen molar-refractivity contribution in [2.75, 3.05) is 0 Å². The fourth-order valence-corrected chi connectivity index (χ4v) is 2.27. The highest BCUT2D eigenvalue weighted by Crippen LogP contribution is 2.34. The van der Waals surface area contributed by atoms with Gasteiger partial charge in [0, 0.05) is 0 Å². The smallest absolute Gasteiger partial charge is 0.00548 e. The zero-order chi connectivity index (χ0) is 10.6. The van der Waals surface area contributed by atoms with Gasteiger partial charge in [-0.25, -0.2) is 0 Å². The Morgan fingerprint density at radius 1 is 0.857 bits per heavy atom. The summed E-state index contributed by atoms with van der Waals surface area (Å²) in [5.41, 5.74) is 3.27. The summed E-state index contributed by atoms with van der Waals surface area (Å²) < 4.78 is 0. The molecule has 0 nitrogen and oxygen atoms in total. The highest BCUT2D eigenvalue weighted by Gasteiger charge is 2.25. The zero-order valence-corrected chi connectivity index (χ0v) is 9.93. The molecule has 78 valence electrons. The Kier molecular flexibility index (Phi) is 3.74. The van der Waals surface area contributed by atoms with E-state index in [2.05, 4.69) is 52.0 Å². The van der Waals surface area contributed by atoms with Crippen molar-refractivity contribution in [3.05, 3.63) is 35.4 Å². The van der Waals surface area contributed by atoms with Crippen molar-refractivity contribution in [3.63, 3.8) is 0 Å². The fraction of sp³-hybridized carbons (Fsp3) is 0.571. The molecule has 0 saturated carbocycles.